The minimum atomic E-state index is 0.377. The van der Waals surface area contributed by atoms with Crippen molar-refractivity contribution in [2.24, 2.45) is 0 Å². The molecule has 1 aliphatic heterocycles. The fourth-order valence-corrected chi connectivity index (χ4v) is 4.38. The first-order valence-corrected chi connectivity index (χ1v) is 9.93. The van der Waals surface area contributed by atoms with Crippen LogP contribution in [0.5, 0.6) is 0 Å². The maximum absolute atomic E-state index is 5.57. The molecule has 0 spiro atoms. The molecule has 5 aromatic heterocycles. The van der Waals surface area contributed by atoms with Gasteiger partial charge in [-0.05, 0) is 44.0 Å². The summed E-state index contributed by atoms with van der Waals surface area (Å²) in [6, 6.07) is 8.56. The number of rotatable bonds is 2. The van der Waals surface area contributed by atoms with Crippen LogP contribution in [0.1, 0.15) is 24.7 Å². The molecule has 6 heterocycles. The van der Waals surface area contributed by atoms with Gasteiger partial charge in [-0.25, -0.2) is 15.0 Å². The SMILES string of the molecule is Cc1nc2cnc3ccc(-c4cnc5[nH]ccc5c4)nc3c2n1C1CCOCC1. The van der Waals surface area contributed by atoms with Crippen molar-refractivity contribution in [1.29, 1.82) is 0 Å². The Kier molecular flexibility index (Phi) is 3.64. The number of pyridine rings is 3. The third-order valence-electron chi connectivity index (χ3n) is 5.79. The minimum absolute atomic E-state index is 0.377. The van der Waals surface area contributed by atoms with Gasteiger partial charge in [0.15, 0.2) is 0 Å². The van der Waals surface area contributed by atoms with Crippen LogP contribution in [-0.4, -0.2) is 42.7 Å². The van der Waals surface area contributed by atoms with Crippen LogP contribution in [0.15, 0.2) is 42.9 Å². The molecule has 1 saturated heterocycles. The zero-order valence-corrected chi connectivity index (χ0v) is 16.1. The van der Waals surface area contributed by atoms with Gasteiger partial charge in [0.25, 0.3) is 0 Å². The Balaban J connectivity index is 1.58. The van der Waals surface area contributed by atoms with Gasteiger partial charge in [-0.3, -0.25) is 4.98 Å². The topological polar surface area (TPSA) is 81.5 Å². The molecular formula is C22H20N6O. The largest absolute Gasteiger partial charge is 0.381 e. The van der Waals surface area contributed by atoms with Gasteiger partial charge in [-0.15, -0.1) is 0 Å². The normalized spacial score (nSPS) is 15.6. The van der Waals surface area contributed by atoms with Gasteiger partial charge in [0.05, 0.1) is 22.9 Å². The Hall–Kier alpha value is -3.32. The van der Waals surface area contributed by atoms with E-state index >= 15 is 0 Å². The second-order valence-corrected chi connectivity index (χ2v) is 7.57. The molecule has 0 saturated carbocycles. The van der Waals surface area contributed by atoms with Crippen molar-refractivity contribution < 1.29 is 4.74 Å². The van der Waals surface area contributed by atoms with Crippen molar-refractivity contribution in [1.82, 2.24) is 29.5 Å². The van der Waals surface area contributed by atoms with E-state index in [0.717, 1.165) is 76.2 Å². The number of aromatic amines is 1. The van der Waals surface area contributed by atoms with E-state index in [1.807, 2.05) is 36.8 Å². The number of hydrogen-bond acceptors (Lipinski definition) is 5. The van der Waals surface area contributed by atoms with E-state index in [4.69, 9.17) is 14.7 Å². The van der Waals surface area contributed by atoms with E-state index in [2.05, 4.69) is 32.5 Å². The maximum atomic E-state index is 5.57. The molecule has 1 N–H and O–H groups in total. The van der Waals surface area contributed by atoms with Crippen LogP contribution in [0, 0.1) is 6.92 Å². The van der Waals surface area contributed by atoms with Crippen LogP contribution in [0.4, 0.5) is 0 Å². The lowest BCUT2D eigenvalue weighted by Crippen LogP contribution is -2.20. The van der Waals surface area contributed by atoms with Crippen molar-refractivity contribution in [2.75, 3.05) is 13.2 Å². The summed E-state index contributed by atoms with van der Waals surface area (Å²) in [6.07, 6.45) is 7.60. The lowest BCUT2D eigenvalue weighted by atomic mass is 10.1. The maximum Gasteiger partial charge on any atom is 0.137 e. The molecule has 7 nitrogen and oxygen atoms in total. The first kappa shape index (κ1) is 16.6. The van der Waals surface area contributed by atoms with Crippen molar-refractivity contribution >= 4 is 33.1 Å². The van der Waals surface area contributed by atoms with Gasteiger partial charge >= 0.3 is 0 Å². The minimum Gasteiger partial charge on any atom is -0.381 e. The molecule has 0 aromatic carbocycles. The molecule has 0 radical (unpaired) electrons. The molecule has 0 unspecified atom stereocenters. The molecule has 0 bridgehead atoms. The van der Waals surface area contributed by atoms with Crippen molar-refractivity contribution in [3.8, 4) is 11.3 Å². The average molecular weight is 384 g/mol. The van der Waals surface area contributed by atoms with Crippen molar-refractivity contribution in [2.45, 2.75) is 25.8 Å². The van der Waals surface area contributed by atoms with Gasteiger partial charge in [-0.1, -0.05) is 0 Å². The van der Waals surface area contributed by atoms with E-state index in [0.29, 0.717) is 6.04 Å². The first-order valence-electron chi connectivity index (χ1n) is 9.93. The number of aryl methyl sites for hydroxylation is 1. The fourth-order valence-electron chi connectivity index (χ4n) is 4.38. The van der Waals surface area contributed by atoms with Gasteiger partial charge in [0.2, 0.25) is 0 Å². The average Bonchev–Trinajstić information content (AvgIpc) is 3.37. The summed E-state index contributed by atoms with van der Waals surface area (Å²) < 4.78 is 7.91. The van der Waals surface area contributed by atoms with Crippen LogP contribution in [-0.2, 0) is 4.74 Å². The Morgan fingerprint density at radius 2 is 1.93 bits per heavy atom. The molecule has 6 rings (SSSR count). The highest BCUT2D eigenvalue weighted by Gasteiger charge is 2.22. The van der Waals surface area contributed by atoms with Crippen LogP contribution in [0.25, 0.3) is 44.4 Å². The smallest absolute Gasteiger partial charge is 0.137 e. The molecule has 0 atom stereocenters. The Labute approximate surface area is 166 Å². The Morgan fingerprint density at radius 3 is 2.83 bits per heavy atom. The van der Waals surface area contributed by atoms with Gasteiger partial charge < -0.3 is 14.3 Å². The first-order chi connectivity index (χ1) is 14.3. The van der Waals surface area contributed by atoms with Crippen molar-refractivity contribution in [3.63, 3.8) is 0 Å². The van der Waals surface area contributed by atoms with E-state index < -0.39 is 0 Å². The molecule has 0 aliphatic carbocycles. The second-order valence-electron chi connectivity index (χ2n) is 7.57. The van der Waals surface area contributed by atoms with Crippen LogP contribution >= 0.6 is 0 Å². The van der Waals surface area contributed by atoms with Crippen LogP contribution in [0.2, 0.25) is 0 Å². The number of aromatic nitrogens is 6. The molecule has 7 heteroatoms. The molecule has 1 fully saturated rings. The number of hydrogen-bond donors (Lipinski definition) is 1. The number of H-pyrrole nitrogens is 1. The van der Waals surface area contributed by atoms with E-state index in [1.165, 1.54) is 0 Å². The summed E-state index contributed by atoms with van der Waals surface area (Å²) in [5, 5.41) is 1.07. The fraction of sp³-hybridized carbons (Fsp3) is 0.273. The summed E-state index contributed by atoms with van der Waals surface area (Å²) in [7, 11) is 0. The Bertz CT molecular complexity index is 1360. The third kappa shape index (κ3) is 2.61. The van der Waals surface area contributed by atoms with E-state index in [-0.39, 0.29) is 0 Å². The van der Waals surface area contributed by atoms with Gasteiger partial charge in [-0.2, -0.15) is 0 Å². The van der Waals surface area contributed by atoms with Crippen LogP contribution in [0.3, 0.4) is 0 Å². The zero-order valence-electron chi connectivity index (χ0n) is 16.1. The molecular weight excluding hydrogens is 364 g/mol. The third-order valence-corrected chi connectivity index (χ3v) is 5.79. The predicted octanol–water partition coefficient (Wildman–Crippen LogP) is 4.18. The summed E-state index contributed by atoms with van der Waals surface area (Å²) in [6.45, 7) is 3.64. The molecule has 144 valence electrons. The highest BCUT2D eigenvalue weighted by molar-refractivity contribution is 6.00. The zero-order chi connectivity index (χ0) is 19.4. The summed E-state index contributed by atoms with van der Waals surface area (Å²) in [4.78, 5) is 22.1. The molecule has 1 aliphatic rings. The standard InChI is InChI=1S/C22H20N6O/c1-13-26-19-12-24-18-3-2-17(15-10-14-4-7-23-22(14)25-11-15)27-20(18)21(19)28(13)16-5-8-29-9-6-16/h2-4,7,10-12,16H,5-6,8-9H2,1H3,(H,23,25). The predicted molar refractivity (Wildman–Crippen MR) is 112 cm³/mol. The second kappa shape index (κ2) is 6.35. The number of nitrogens with zero attached hydrogens (tertiary/aromatic N) is 5. The Morgan fingerprint density at radius 1 is 1.03 bits per heavy atom. The number of ether oxygens (including phenoxy) is 1. The highest BCUT2D eigenvalue weighted by atomic mass is 16.5. The van der Waals surface area contributed by atoms with E-state index in [1.54, 1.807) is 0 Å². The van der Waals surface area contributed by atoms with Gasteiger partial charge in [0.1, 0.15) is 22.5 Å². The summed E-state index contributed by atoms with van der Waals surface area (Å²) in [5.74, 6) is 1.00. The lowest BCUT2D eigenvalue weighted by Gasteiger charge is -2.25. The van der Waals surface area contributed by atoms with E-state index in [9.17, 15) is 0 Å². The van der Waals surface area contributed by atoms with Crippen LogP contribution < -0.4 is 0 Å². The summed E-state index contributed by atoms with van der Waals surface area (Å²) >= 11 is 0. The number of fused-ring (bicyclic) bond motifs is 4. The lowest BCUT2D eigenvalue weighted by molar-refractivity contribution is 0.0701. The number of imidazole rings is 1. The quantitative estimate of drug-likeness (QED) is 0.494. The van der Waals surface area contributed by atoms with Gasteiger partial charge in [0, 0.05) is 42.6 Å². The molecule has 0 amide bonds. The summed E-state index contributed by atoms with van der Waals surface area (Å²) in [5.41, 5.74) is 6.49. The van der Waals surface area contributed by atoms with Crippen molar-refractivity contribution in [3.05, 3.63) is 48.7 Å². The molecule has 5 aromatic rings. The number of nitrogens with one attached hydrogen (secondary N) is 1. The highest BCUT2D eigenvalue weighted by Crippen LogP contribution is 2.32. The molecule has 29 heavy (non-hydrogen) atoms. The monoisotopic (exact) mass is 384 g/mol.